The highest BCUT2D eigenvalue weighted by molar-refractivity contribution is 7.99. The fourth-order valence-electron chi connectivity index (χ4n) is 2.08. The highest BCUT2D eigenvalue weighted by atomic mass is 32.2. The lowest BCUT2D eigenvalue weighted by molar-refractivity contribution is 0.575. The molecule has 0 amide bonds. The number of nitrogens with one attached hydrogen (secondary N) is 1. The summed E-state index contributed by atoms with van der Waals surface area (Å²) < 4.78 is 0. The molecule has 1 aromatic carbocycles. The molecule has 2 heteroatoms. The molecule has 0 aromatic heterocycles. The molecule has 0 bridgehead atoms. The first kappa shape index (κ1) is 17.6. The van der Waals surface area contributed by atoms with Crippen molar-refractivity contribution in [1.82, 2.24) is 5.32 Å². The summed E-state index contributed by atoms with van der Waals surface area (Å²) in [6, 6.07) is 9.64. The fourth-order valence-corrected chi connectivity index (χ4v) is 3.40. The molecule has 0 fully saturated rings. The van der Waals surface area contributed by atoms with Crippen LogP contribution in [0.3, 0.4) is 0 Å². The van der Waals surface area contributed by atoms with Crippen molar-refractivity contribution in [3.8, 4) is 0 Å². The van der Waals surface area contributed by atoms with Crippen LogP contribution in [0, 0.1) is 5.92 Å². The second-order valence-corrected chi connectivity index (χ2v) is 6.73. The SMILES string of the molecule is CCCNC(CSCC(C)CC)c1ccc(CC)cc1. The first-order valence-corrected chi connectivity index (χ1v) is 9.26. The minimum Gasteiger partial charge on any atom is -0.309 e. The number of hydrogen-bond donors (Lipinski definition) is 1. The monoisotopic (exact) mass is 293 g/mol. The second kappa shape index (κ2) is 10.3. The molecule has 0 aliphatic rings. The number of thioether (sulfide) groups is 1. The van der Waals surface area contributed by atoms with Gasteiger partial charge in [-0.15, -0.1) is 0 Å². The summed E-state index contributed by atoms with van der Waals surface area (Å²) in [6.45, 7) is 10.2. The van der Waals surface area contributed by atoms with Crippen LogP contribution in [0.25, 0.3) is 0 Å². The van der Waals surface area contributed by atoms with E-state index < -0.39 is 0 Å². The molecule has 1 aromatic rings. The topological polar surface area (TPSA) is 12.0 Å². The minimum atomic E-state index is 0.495. The molecular weight excluding hydrogens is 262 g/mol. The highest BCUT2D eigenvalue weighted by Crippen LogP contribution is 2.21. The maximum Gasteiger partial charge on any atom is 0.0411 e. The van der Waals surface area contributed by atoms with E-state index in [4.69, 9.17) is 0 Å². The molecule has 0 spiro atoms. The average molecular weight is 294 g/mol. The van der Waals surface area contributed by atoms with Gasteiger partial charge in [0.1, 0.15) is 0 Å². The Balaban J connectivity index is 2.57. The van der Waals surface area contributed by atoms with Crippen molar-refractivity contribution in [3.63, 3.8) is 0 Å². The molecule has 0 heterocycles. The third-order valence-electron chi connectivity index (χ3n) is 3.81. The molecule has 20 heavy (non-hydrogen) atoms. The normalized spacial score (nSPS) is 14.2. The first-order valence-electron chi connectivity index (χ1n) is 8.11. The van der Waals surface area contributed by atoms with Crippen LogP contribution in [0.2, 0.25) is 0 Å². The van der Waals surface area contributed by atoms with Crippen molar-refractivity contribution in [2.45, 2.75) is 53.0 Å². The van der Waals surface area contributed by atoms with Crippen LogP contribution in [0.15, 0.2) is 24.3 Å². The van der Waals surface area contributed by atoms with Crippen LogP contribution in [-0.4, -0.2) is 18.1 Å². The molecular formula is C18H31NS. The van der Waals surface area contributed by atoms with Gasteiger partial charge < -0.3 is 5.32 Å². The number of aryl methyl sites for hydroxylation is 1. The molecule has 0 saturated heterocycles. The lowest BCUT2D eigenvalue weighted by Crippen LogP contribution is -2.24. The van der Waals surface area contributed by atoms with Crippen LogP contribution in [0.4, 0.5) is 0 Å². The molecule has 1 nitrogen and oxygen atoms in total. The van der Waals surface area contributed by atoms with Gasteiger partial charge in [0.05, 0.1) is 0 Å². The van der Waals surface area contributed by atoms with Gasteiger partial charge in [-0.25, -0.2) is 0 Å². The van der Waals surface area contributed by atoms with E-state index >= 15 is 0 Å². The molecule has 114 valence electrons. The summed E-state index contributed by atoms with van der Waals surface area (Å²) in [6.07, 6.45) is 3.60. The van der Waals surface area contributed by atoms with Gasteiger partial charge in [0.15, 0.2) is 0 Å². The molecule has 0 saturated carbocycles. The van der Waals surface area contributed by atoms with Gasteiger partial charge in [-0.2, -0.15) is 11.8 Å². The van der Waals surface area contributed by atoms with Crippen LogP contribution < -0.4 is 5.32 Å². The van der Waals surface area contributed by atoms with E-state index in [1.165, 1.54) is 35.5 Å². The zero-order valence-electron chi connectivity index (χ0n) is 13.6. The van der Waals surface area contributed by atoms with Crippen molar-refractivity contribution < 1.29 is 0 Å². The molecule has 0 aliphatic carbocycles. The van der Waals surface area contributed by atoms with Crippen LogP contribution >= 0.6 is 11.8 Å². The Labute approximate surface area is 129 Å². The molecule has 2 unspecified atom stereocenters. The van der Waals surface area contributed by atoms with Gasteiger partial charge in [-0.3, -0.25) is 0 Å². The predicted octanol–water partition coefficient (Wildman–Crippen LogP) is 5.07. The van der Waals surface area contributed by atoms with E-state index in [9.17, 15) is 0 Å². The molecule has 1 N–H and O–H groups in total. The fraction of sp³-hybridized carbons (Fsp3) is 0.667. The lowest BCUT2D eigenvalue weighted by atomic mass is 10.0. The summed E-state index contributed by atoms with van der Waals surface area (Å²) in [5.41, 5.74) is 2.86. The Kier molecular flexibility index (Phi) is 9.04. The van der Waals surface area contributed by atoms with Crippen molar-refractivity contribution in [2.24, 2.45) is 5.92 Å². The van der Waals surface area contributed by atoms with E-state index in [-0.39, 0.29) is 0 Å². The summed E-state index contributed by atoms with van der Waals surface area (Å²) >= 11 is 2.09. The minimum absolute atomic E-state index is 0.495. The molecule has 0 radical (unpaired) electrons. The predicted molar refractivity (Wildman–Crippen MR) is 93.6 cm³/mol. The van der Waals surface area contributed by atoms with Gasteiger partial charge in [0, 0.05) is 11.8 Å². The third kappa shape index (κ3) is 6.32. The van der Waals surface area contributed by atoms with Crippen molar-refractivity contribution >= 4 is 11.8 Å². The number of benzene rings is 1. The average Bonchev–Trinajstić information content (AvgIpc) is 2.50. The van der Waals surface area contributed by atoms with Crippen molar-refractivity contribution in [1.29, 1.82) is 0 Å². The van der Waals surface area contributed by atoms with E-state index in [0.717, 1.165) is 18.9 Å². The summed E-state index contributed by atoms with van der Waals surface area (Å²) in [5.74, 6) is 3.28. The van der Waals surface area contributed by atoms with Crippen molar-refractivity contribution in [2.75, 3.05) is 18.1 Å². The first-order chi connectivity index (χ1) is 9.71. The van der Waals surface area contributed by atoms with E-state index in [1.54, 1.807) is 0 Å². The Morgan fingerprint density at radius 1 is 1.05 bits per heavy atom. The van der Waals surface area contributed by atoms with E-state index in [2.05, 4.69) is 69.0 Å². The smallest absolute Gasteiger partial charge is 0.0411 e. The Morgan fingerprint density at radius 3 is 2.30 bits per heavy atom. The Hall–Kier alpha value is -0.470. The quantitative estimate of drug-likeness (QED) is 0.646. The summed E-state index contributed by atoms with van der Waals surface area (Å²) in [4.78, 5) is 0. The van der Waals surface area contributed by atoms with E-state index in [1.807, 2.05) is 0 Å². The van der Waals surface area contributed by atoms with Gasteiger partial charge in [-0.1, -0.05) is 58.4 Å². The zero-order valence-corrected chi connectivity index (χ0v) is 14.4. The van der Waals surface area contributed by atoms with Crippen molar-refractivity contribution in [3.05, 3.63) is 35.4 Å². The number of hydrogen-bond acceptors (Lipinski definition) is 2. The van der Waals surface area contributed by atoms with Gasteiger partial charge in [0.25, 0.3) is 0 Å². The highest BCUT2D eigenvalue weighted by Gasteiger charge is 2.11. The molecule has 0 aliphatic heterocycles. The van der Waals surface area contributed by atoms with Crippen LogP contribution in [-0.2, 0) is 6.42 Å². The summed E-state index contributed by atoms with van der Waals surface area (Å²) in [7, 11) is 0. The maximum absolute atomic E-state index is 3.69. The Morgan fingerprint density at radius 2 is 1.75 bits per heavy atom. The van der Waals surface area contributed by atoms with E-state index in [0.29, 0.717) is 6.04 Å². The standard InChI is InChI=1S/C18H31NS/c1-5-12-19-18(14-20-13-15(4)6-2)17-10-8-16(7-3)9-11-17/h8-11,15,18-19H,5-7,12-14H2,1-4H3. The van der Waals surface area contributed by atoms with Crippen LogP contribution in [0.5, 0.6) is 0 Å². The lowest BCUT2D eigenvalue weighted by Gasteiger charge is -2.20. The molecule has 2 atom stereocenters. The third-order valence-corrected chi connectivity index (χ3v) is 5.19. The summed E-state index contributed by atoms with van der Waals surface area (Å²) in [5, 5.41) is 3.69. The second-order valence-electron chi connectivity index (χ2n) is 5.65. The molecule has 1 rings (SSSR count). The van der Waals surface area contributed by atoms with Crippen LogP contribution in [0.1, 0.15) is 57.7 Å². The van der Waals surface area contributed by atoms with Gasteiger partial charge >= 0.3 is 0 Å². The maximum atomic E-state index is 3.69. The Bertz CT molecular complexity index is 347. The van der Waals surface area contributed by atoms with Gasteiger partial charge in [0.2, 0.25) is 0 Å². The van der Waals surface area contributed by atoms with Gasteiger partial charge in [-0.05, 0) is 42.2 Å². The zero-order chi connectivity index (χ0) is 14.8. The number of rotatable bonds is 10. The largest absolute Gasteiger partial charge is 0.309 e.